The zero-order chi connectivity index (χ0) is 14.4. The zero-order valence-electron chi connectivity index (χ0n) is 13.6. The summed E-state index contributed by atoms with van der Waals surface area (Å²) in [7, 11) is 2.10. The van der Waals surface area contributed by atoms with E-state index < -0.39 is 0 Å². The van der Waals surface area contributed by atoms with Crippen LogP contribution in [-0.4, -0.2) is 7.05 Å². The molecule has 1 nitrogen and oxygen atoms in total. The Balaban J connectivity index is 3.28. The average molecular weight is 261 g/mol. The van der Waals surface area contributed by atoms with Crippen LogP contribution >= 0.6 is 0 Å². The minimum Gasteiger partial charge on any atom is -0.313 e. The minimum absolute atomic E-state index is 0.496. The molecule has 0 aliphatic rings. The first kappa shape index (κ1) is 16.2. The van der Waals surface area contributed by atoms with Crippen LogP contribution in [0.3, 0.4) is 0 Å². The Hall–Kier alpha value is -0.820. The van der Waals surface area contributed by atoms with Gasteiger partial charge in [-0.25, -0.2) is 0 Å². The maximum atomic E-state index is 3.54. The fraction of sp³-hybridized carbons (Fsp3) is 0.667. The first-order chi connectivity index (χ1) is 9.07. The number of hydrogen-bond acceptors (Lipinski definition) is 1. The van der Waals surface area contributed by atoms with Gasteiger partial charge in [0, 0.05) is 6.04 Å². The maximum absolute atomic E-state index is 3.54. The molecule has 0 amide bonds. The Morgan fingerprint density at radius 1 is 0.947 bits per heavy atom. The van der Waals surface area contributed by atoms with E-state index in [9.17, 15) is 0 Å². The molecule has 0 aromatic heterocycles. The monoisotopic (exact) mass is 261 g/mol. The highest BCUT2D eigenvalue weighted by molar-refractivity contribution is 5.42. The van der Waals surface area contributed by atoms with Crippen LogP contribution in [0.25, 0.3) is 0 Å². The Bertz CT molecular complexity index is 368. The maximum Gasteiger partial charge on any atom is 0.0325 e. The number of hydrogen-bond donors (Lipinski definition) is 1. The van der Waals surface area contributed by atoms with Gasteiger partial charge in [-0.3, -0.25) is 0 Å². The fourth-order valence-electron chi connectivity index (χ4n) is 2.94. The summed E-state index contributed by atoms with van der Waals surface area (Å²) < 4.78 is 0. The van der Waals surface area contributed by atoms with E-state index in [1.165, 1.54) is 23.1 Å². The Labute approximate surface area is 119 Å². The van der Waals surface area contributed by atoms with Crippen molar-refractivity contribution in [3.63, 3.8) is 0 Å². The largest absolute Gasteiger partial charge is 0.313 e. The Morgan fingerprint density at radius 2 is 1.47 bits per heavy atom. The highest BCUT2D eigenvalue weighted by Gasteiger charge is 2.18. The molecule has 0 saturated heterocycles. The van der Waals surface area contributed by atoms with Crippen LogP contribution in [0.2, 0.25) is 0 Å². The quantitative estimate of drug-likeness (QED) is 0.751. The first-order valence-corrected chi connectivity index (χ1v) is 7.89. The van der Waals surface area contributed by atoms with Crippen molar-refractivity contribution in [1.29, 1.82) is 0 Å². The van der Waals surface area contributed by atoms with Crippen molar-refractivity contribution in [3.8, 4) is 0 Å². The van der Waals surface area contributed by atoms with Crippen LogP contribution in [-0.2, 0) is 19.3 Å². The van der Waals surface area contributed by atoms with Gasteiger partial charge in [0.1, 0.15) is 0 Å². The molecule has 1 aromatic rings. The van der Waals surface area contributed by atoms with Gasteiger partial charge >= 0.3 is 0 Å². The topological polar surface area (TPSA) is 12.0 Å². The van der Waals surface area contributed by atoms with Crippen molar-refractivity contribution >= 4 is 0 Å². The van der Waals surface area contributed by atoms with Gasteiger partial charge in [-0.2, -0.15) is 0 Å². The minimum atomic E-state index is 0.496. The first-order valence-electron chi connectivity index (χ1n) is 7.89. The van der Waals surface area contributed by atoms with E-state index in [-0.39, 0.29) is 0 Å². The van der Waals surface area contributed by atoms with Crippen LogP contribution in [0.5, 0.6) is 0 Å². The third-order valence-corrected chi connectivity index (χ3v) is 3.99. The predicted molar refractivity (Wildman–Crippen MR) is 85.8 cm³/mol. The van der Waals surface area contributed by atoms with Gasteiger partial charge in [0.15, 0.2) is 0 Å². The fourth-order valence-corrected chi connectivity index (χ4v) is 2.94. The second kappa shape index (κ2) is 7.69. The Morgan fingerprint density at radius 3 is 1.79 bits per heavy atom. The lowest BCUT2D eigenvalue weighted by Gasteiger charge is -2.25. The third-order valence-electron chi connectivity index (χ3n) is 3.99. The molecule has 1 aromatic carbocycles. The standard InChI is InChI=1S/C18H31N/c1-7-14-11-15(8-2)18(16(9-3)12-14)17(19-6)10-13(4)5/h11-13,17,19H,7-10H2,1-6H3. The Kier molecular flexibility index (Phi) is 6.57. The van der Waals surface area contributed by atoms with Crippen LogP contribution in [0.15, 0.2) is 12.1 Å². The third kappa shape index (κ3) is 4.07. The van der Waals surface area contributed by atoms with Crippen molar-refractivity contribution < 1.29 is 0 Å². The zero-order valence-corrected chi connectivity index (χ0v) is 13.6. The molecule has 0 aliphatic carbocycles. The molecule has 0 spiro atoms. The summed E-state index contributed by atoms with van der Waals surface area (Å²) in [6.45, 7) is 11.4. The van der Waals surface area contributed by atoms with Gasteiger partial charge in [-0.15, -0.1) is 0 Å². The molecule has 108 valence electrons. The van der Waals surface area contributed by atoms with E-state index >= 15 is 0 Å². The molecule has 1 rings (SSSR count). The normalized spacial score (nSPS) is 13.0. The highest BCUT2D eigenvalue weighted by atomic mass is 14.9. The molecule has 19 heavy (non-hydrogen) atoms. The van der Waals surface area contributed by atoms with E-state index in [0.29, 0.717) is 6.04 Å². The summed E-state index contributed by atoms with van der Waals surface area (Å²) in [4.78, 5) is 0. The van der Waals surface area contributed by atoms with E-state index in [4.69, 9.17) is 0 Å². The predicted octanol–water partition coefficient (Wildman–Crippen LogP) is 4.68. The summed E-state index contributed by atoms with van der Waals surface area (Å²) in [6.07, 6.45) is 4.61. The second-order valence-corrected chi connectivity index (χ2v) is 5.86. The molecule has 1 unspecified atom stereocenters. The van der Waals surface area contributed by atoms with Gasteiger partial charge in [-0.05, 0) is 60.9 Å². The van der Waals surface area contributed by atoms with E-state index in [2.05, 4.69) is 59.1 Å². The molecule has 0 saturated carbocycles. The van der Waals surface area contributed by atoms with Crippen molar-refractivity contribution in [2.45, 2.75) is 66.3 Å². The number of nitrogens with one attached hydrogen (secondary N) is 1. The van der Waals surface area contributed by atoms with E-state index in [0.717, 1.165) is 25.2 Å². The SMILES string of the molecule is CCc1cc(CC)c(C(CC(C)C)NC)c(CC)c1. The molecule has 0 heterocycles. The molecule has 0 aliphatic heterocycles. The van der Waals surface area contributed by atoms with Crippen LogP contribution < -0.4 is 5.32 Å². The summed E-state index contributed by atoms with van der Waals surface area (Å²) in [5.41, 5.74) is 6.13. The van der Waals surface area contributed by atoms with Crippen molar-refractivity contribution in [1.82, 2.24) is 5.32 Å². The van der Waals surface area contributed by atoms with Gasteiger partial charge in [0.2, 0.25) is 0 Å². The van der Waals surface area contributed by atoms with Crippen molar-refractivity contribution in [3.05, 3.63) is 34.4 Å². The summed E-state index contributed by atoms with van der Waals surface area (Å²) >= 11 is 0. The summed E-state index contributed by atoms with van der Waals surface area (Å²) in [5, 5.41) is 3.54. The van der Waals surface area contributed by atoms with Crippen LogP contribution in [0.1, 0.15) is 69.3 Å². The average Bonchev–Trinajstić information content (AvgIpc) is 2.42. The molecular formula is C18H31N. The molecule has 0 bridgehead atoms. The molecular weight excluding hydrogens is 230 g/mol. The van der Waals surface area contributed by atoms with Crippen LogP contribution in [0.4, 0.5) is 0 Å². The summed E-state index contributed by atoms with van der Waals surface area (Å²) in [5.74, 6) is 0.720. The smallest absolute Gasteiger partial charge is 0.0325 e. The lowest BCUT2D eigenvalue weighted by molar-refractivity contribution is 0.452. The molecule has 0 radical (unpaired) electrons. The van der Waals surface area contributed by atoms with Gasteiger partial charge in [-0.1, -0.05) is 46.8 Å². The van der Waals surface area contributed by atoms with Crippen molar-refractivity contribution in [2.75, 3.05) is 7.05 Å². The number of benzene rings is 1. The van der Waals surface area contributed by atoms with Crippen molar-refractivity contribution in [2.24, 2.45) is 5.92 Å². The van der Waals surface area contributed by atoms with E-state index in [1.54, 1.807) is 5.56 Å². The molecule has 0 fully saturated rings. The molecule has 1 N–H and O–H groups in total. The highest BCUT2D eigenvalue weighted by Crippen LogP contribution is 2.30. The van der Waals surface area contributed by atoms with Gasteiger partial charge in [0.25, 0.3) is 0 Å². The second-order valence-electron chi connectivity index (χ2n) is 5.86. The van der Waals surface area contributed by atoms with Crippen LogP contribution in [0, 0.1) is 5.92 Å². The van der Waals surface area contributed by atoms with Gasteiger partial charge < -0.3 is 5.32 Å². The number of aryl methyl sites for hydroxylation is 3. The molecule has 1 heteroatoms. The van der Waals surface area contributed by atoms with Gasteiger partial charge in [0.05, 0.1) is 0 Å². The van der Waals surface area contributed by atoms with E-state index in [1.807, 2.05) is 0 Å². The number of rotatable bonds is 7. The lowest BCUT2D eigenvalue weighted by Crippen LogP contribution is -2.21. The molecule has 1 atom stereocenters. The summed E-state index contributed by atoms with van der Waals surface area (Å²) in [6, 6.07) is 5.33. The lowest BCUT2D eigenvalue weighted by atomic mass is 9.86.